The largest absolute Gasteiger partial charge is 0.361 e. The third-order valence-corrected chi connectivity index (χ3v) is 4.30. The van der Waals surface area contributed by atoms with Crippen molar-refractivity contribution in [3.8, 4) is 0 Å². The summed E-state index contributed by atoms with van der Waals surface area (Å²) in [6.45, 7) is 2.07. The Labute approximate surface area is 149 Å². The van der Waals surface area contributed by atoms with E-state index in [4.69, 9.17) is 11.6 Å². The van der Waals surface area contributed by atoms with E-state index >= 15 is 0 Å². The zero-order chi connectivity index (χ0) is 18.0. The minimum Gasteiger partial charge on any atom is -0.361 e. The van der Waals surface area contributed by atoms with Crippen LogP contribution in [-0.4, -0.2) is 22.4 Å². The highest BCUT2D eigenvalue weighted by Gasteiger charge is 2.13. The Morgan fingerprint density at radius 1 is 1.28 bits per heavy atom. The van der Waals surface area contributed by atoms with Crippen molar-refractivity contribution in [2.45, 2.75) is 13.3 Å². The molecule has 128 valence electrons. The first kappa shape index (κ1) is 17.0. The average molecular weight is 358 g/mol. The number of nitrogens with zero attached hydrogens (tertiary/aromatic N) is 1. The van der Waals surface area contributed by atoms with E-state index in [1.54, 1.807) is 6.92 Å². The number of nitrogens with one attached hydrogen (secondary N) is 2. The predicted octanol–water partition coefficient (Wildman–Crippen LogP) is 4.01. The highest BCUT2D eigenvalue weighted by atomic mass is 35.5. The molecule has 0 spiro atoms. The van der Waals surface area contributed by atoms with Crippen molar-refractivity contribution in [2.24, 2.45) is 0 Å². The van der Waals surface area contributed by atoms with Gasteiger partial charge >= 0.3 is 0 Å². The first-order chi connectivity index (χ1) is 12.0. The Kier molecular flexibility index (Phi) is 4.72. The third-order valence-electron chi connectivity index (χ3n) is 4.07. The molecule has 0 atom stereocenters. The summed E-state index contributed by atoms with van der Waals surface area (Å²) in [5.74, 6) is -0.254. The van der Waals surface area contributed by atoms with E-state index in [2.05, 4.69) is 10.3 Å². The molecule has 3 aromatic rings. The van der Waals surface area contributed by atoms with Crippen LogP contribution in [-0.2, 0) is 6.42 Å². The van der Waals surface area contributed by atoms with Crippen molar-refractivity contribution >= 4 is 34.1 Å². The van der Waals surface area contributed by atoms with Crippen LogP contribution >= 0.6 is 11.6 Å². The number of hydrogen-bond donors (Lipinski definition) is 2. The number of H-pyrrole nitrogens is 1. The highest BCUT2D eigenvalue weighted by Crippen LogP contribution is 2.22. The molecule has 0 saturated heterocycles. The molecular weight excluding hydrogens is 342 g/mol. The van der Waals surface area contributed by atoms with Gasteiger partial charge in [-0.2, -0.15) is 0 Å². The van der Waals surface area contributed by atoms with E-state index in [1.807, 2.05) is 24.4 Å². The van der Waals surface area contributed by atoms with Gasteiger partial charge in [0.1, 0.15) is 0 Å². The number of aryl methyl sites for hydroxylation is 1. The molecule has 0 fully saturated rings. The molecule has 2 aromatic carbocycles. The first-order valence-corrected chi connectivity index (χ1v) is 8.12. The van der Waals surface area contributed by atoms with Gasteiger partial charge in [-0.1, -0.05) is 11.6 Å². The van der Waals surface area contributed by atoms with Crippen molar-refractivity contribution in [2.75, 3.05) is 6.54 Å². The second kappa shape index (κ2) is 6.94. The standard InChI is InChI=1S/C18H16ClN3O3/c1-11-8-12(2-5-17(11)22(24)25)18(23)20-7-6-13-10-21-16-4-3-14(19)9-15(13)16/h2-5,8-10,21H,6-7H2,1H3,(H,20,23). The number of rotatable bonds is 5. The molecule has 3 rings (SSSR count). The van der Waals surface area contributed by atoms with E-state index in [9.17, 15) is 14.9 Å². The average Bonchev–Trinajstić information content (AvgIpc) is 2.96. The molecule has 1 amide bonds. The van der Waals surface area contributed by atoms with Crippen molar-refractivity contribution in [1.29, 1.82) is 0 Å². The van der Waals surface area contributed by atoms with Crippen LogP contribution in [0.5, 0.6) is 0 Å². The maximum atomic E-state index is 12.2. The normalized spacial score (nSPS) is 10.8. The topological polar surface area (TPSA) is 88.0 Å². The zero-order valence-electron chi connectivity index (χ0n) is 13.5. The van der Waals surface area contributed by atoms with E-state index in [1.165, 1.54) is 18.2 Å². The van der Waals surface area contributed by atoms with Crippen LogP contribution in [0, 0.1) is 17.0 Å². The van der Waals surface area contributed by atoms with Crippen LogP contribution in [0.1, 0.15) is 21.5 Å². The number of carbonyl (C=O) groups is 1. The Morgan fingerprint density at radius 2 is 2.08 bits per heavy atom. The lowest BCUT2D eigenvalue weighted by molar-refractivity contribution is -0.385. The number of amides is 1. The van der Waals surface area contributed by atoms with Crippen LogP contribution in [0.3, 0.4) is 0 Å². The van der Waals surface area contributed by atoms with Crippen LogP contribution in [0.4, 0.5) is 5.69 Å². The molecule has 0 aliphatic rings. The van der Waals surface area contributed by atoms with Gasteiger partial charge in [0.05, 0.1) is 4.92 Å². The van der Waals surface area contributed by atoms with Gasteiger partial charge in [-0.3, -0.25) is 14.9 Å². The number of benzene rings is 2. The van der Waals surface area contributed by atoms with Gasteiger partial charge in [-0.15, -0.1) is 0 Å². The lowest BCUT2D eigenvalue weighted by atomic mass is 10.1. The number of fused-ring (bicyclic) bond motifs is 1. The molecule has 0 saturated carbocycles. The highest BCUT2D eigenvalue weighted by molar-refractivity contribution is 6.31. The van der Waals surface area contributed by atoms with Gasteiger partial charge in [-0.05, 0) is 49.2 Å². The predicted molar refractivity (Wildman–Crippen MR) is 97.2 cm³/mol. The van der Waals surface area contributed by atoms with Crippen molar-refractivity contribution in [3.63, 3.8) is 0 Å². The number of aromatic amines is 1. The zero-order valence-corrected chi connectivity index (χ0v) is 14.3. The summed E-state index contributed by atoms with van der Waals surface area (Å²) in [6.07, 6.45) is 2.56. The number of halogens is 1. The Bertz CT molecular complexity index is 965. The fourth-order valence-corrected chi connectivity index (χ4v) is 2.94. The summed E-state index contributed by atoms with van der Waals surface area (Å²) < 4.78 is 0. The molecule has 6 nitrogen and oxygen atoms in total. The van der Waals surface area contributed by atoms with Crippen LogP contribution in [0.25, 0.3) is 10.9 Å². The minimum absolute atomic E-state index is 0.00669. The summed E-state index contributed by atoms with van der Waals surface area (Å²) in [6, 6.07) is 9.98. The maximum absolute atomic E-state index is 12.2. The van der Waals surface area contributed by atoms with Gasteiger partial charge in [0, 0.05) is 45.9 Å². The van der Waals surface area contributed by atoms with E-state index < -0.39 is 4.92 Å². The molecule has 2 N–H and O–H groups in total. The van der Waals surface area contributed by atoms with E-state index in [0.29, 0.717) is 29.1 Å². The lowest BCUT2D eigenvalue weighted by Crippen LogP contribution is -2.25. The van der Waals surface area contributed by atoms with E-state index in [-0.39, 0.29) is 11.6 Å². The summed E-state index contributed by atoms with van der Waals surface area (Å²) in [5, 5.41) is 15.4. The van der Waals surface area contributed by atoms with Crippen LogP contribution in [0.2, 0.25) is 5.02 Å². The molecule has 25 heavy (non-hydrogen) atoms. The van der Waals surface area contributed by atoms with Crippen molar-refractivity contribution < 1.29 is 9.72 Å². The third kappa shape index (κ3) is 3.64. The number of nitro groups is 1. The fourth-order valence-electron chi connectivity index (χ4n) is 2.77. The Morgan fingerprint density at radius 3 is 2.80 bits per heavy atom. The molecule has 7 heteroatoms. The van der Waals surface area contributed by atoms with Crippen LogP contribution in [0.15, 0.2) is 42.6 Å². The SMILES string of the molecule is Cc1cc(C(=O)NCCc2c[nH]c3ccc(Cl)cc23)ccc1[N+](=O)[O-]. The molecule has 1 heterocycles. The van der Waals surface area contributed by atoms with Gasteiger partial charge in [-0.25, -0.2) is 0 Å². The van der Waals surface area contributed by atoms with Crippen molar-refractivity contribution in [3.05, 3.63) is 74.4 Å². The second-order valence-corrected chi connectivity index (χ2v) is 6.20. The van der Waals surface area contributed by atoms with Gasteiger partial charge < -0.3 is 10.3 Å². The summed E-state index contributed by atoms with van der Waals surface area (Å²) >= 11 is 6.03. The molecular formula is C18H16ClN3O3. The molecule has 0 bridgehead atoms. The minimum atomic E-state index is -0.459. The summed E-state index contributed by atoms with van der Waals surface area (Å²) in [5.41, 5.74) is 2.94. The molecule has 0 aliphatic heterocycles. The lowest BCUT2D eigenvalue weighted by Gasteiger charge is -2.06. The summed E-state index contributed by atoms with van der Waals surface area (Å²) in [7, 11) is 0. The molecule has 0 radical (unpaired) electrons. The number of hydrogen-bond acceptors (Lipinski definition) is 3. The molecule has 0 unspecified atom stereocenters. The molecule has 1 aromatic heterocycles. The Hall–Kier alpha value is -2.86. The van der Waals surface area contributed by atoms with E-state index in [0.717, 1.165) is 16.5 Å². The first-order valence-electron chi connectivity index (χ1n) is 7.74. The summed E-state index contributed by atoms with van der Waals surface area (Å²) in [4.78, 5) is 25.8. The number of nitro benzene ring substituents is 1. The number of carbonyl (C=O) groups excluding carboxylic acids is 1. The number of aromatic nitrogens is 1. The van der Waals surface area contributed by atoms with Crippen LogP contribution < -0.4 is 5.32 Å². The maximum Gasteiger partial charge on any atom is 0.272 e. The molecule has 0 aliphatic carbocycles. The van der Waals surface area contributed by atoms with Gasteiger partial charge in [0.15, 0.2) is 0 Å². The Balaban J connectivity index is 1.65. The van der Waals surface area contributed by atoms with Gasteiger partial charge in [0.2, 0.25) is 0 Å². The second-order valence-electron chi connectivity index (χ2n) is 5.77. The monoisotopic (exact) mass is 357 g/mol. The smallest absolute Gasteiger partial charge is 0.272 e. The fraction of sp³-hybridized carbons (Fsp3) is 0.167. The quantitative estimate of drug-likeness (QED) is 0.534. The van der Waals surface area contributed by atoms with Crippen molar-refractivity contribution in [1.82, 2.24) is 10.3 Å². The van der Waals surface area contributed by atoms with Gasteiger partial charge in [0.25, 0.3) is 11.6 Å².